The molecule has 1 rings (SSSR count). The highest BCUT2D eigenvalue weighted by molar-refractivity contribution is 5.77. The summed E-state index contributed by atoms with van der Waals surface area (Å²) in [6, 6.07) is 10.3. The number of rotatable bonds is 7. The van der Waals surface area contributed by atoms with E-state index in [1.807, 2.05) is 32.0 Å². The number of carbonyl (C=O) groups is 1. The minimum Gasteiger partial charge on any atom is -0.463 e. The van der Waals surface area contributed by atoms with Crippen LogP contribution in [0.1, 0.15) is 40.2 Å². The number of benzene rings is 1. The Bertz CT molecular complexity index is 457. The Morgan fingerprint density at radius 2 is 1.70 bits per heavy atom. The molecule has 0 aromatic heterocycles. The maximum absolute atomic E-state index is 12.3. The lowest BCUT2D eigenvalue weighted by molar-refractivity contribution is -0.164. The van der Waals surface area contributed by atoms with E-state index in [1.54, 1.807) is 0 Å². The highest BCUT2D eigenvalue weighted by atomic mass is 16.5. The number of carbonyl (C=O) groups excluding carboxylic acids is 1. The zero-order chi connectivity index (χ0) is 16.1. The van der Waals surface area contributed by atoms with Crippen molar-refractivity contribution in [3.05, 3.63) is 35.9 Å². The number of hydrogen-bond acceptors (Lipinski definition) is 4. The summed E-state index contributed by atoms with van der Waals surface area (Å²) in [5.41, 5.74) is 0.434. The summed E-state index contributed by atoms with van der Waals surface area (Å²) in [5.74, 6) is 0.0676. The second-order valence-corrected chi connectivity index (χ2v) is 6.80. The third-order valence-electron chi connectivity index (χ3n) is 5.06. The van der Waals surface area contributed by atoms with Gasteiger partial charge in [0.25, 0.3) is 0 Å². The molecule has 1 aromatic rings. The maximum atomic E-state index is 12.3. The summed E-state index contributed by atoms with van der Waals surface area (Å²) in [7, 11) is 0. The van der Waals surface area contributed by atoms with E-state index in [4.69, 9.17) is 9.84 Å². The average molecular weight is 327 g/mol. The van der Waals surface area contributed by atoms with Crippen LogP contribution in [0.4, 0.5) is 0 Å². The van der Waals surface area contributed by atoms with Gasteiger partial charge in [-0.3, -0.25) is 4.79 Å². The predicted octanol–water partition coefficient (Wildman–Crippen LogP) is 2.79. The van der Waals surface area contributed by atoms with Crippen molar-refractivity contribution in [2.24, 2.45) is 16.7 Å². The summed E-state index contributed by atoms with van der Waals surface area (Å²) < 4.78 is 5.15. The van der Waals surface area contributed by atoms with Gasteiger partial charge < -0.3 is 21.5 Å². The molecule has 0 bridgehead atoms. The first-order valence-electron chi connectivity index (χ1n) is 7.55. The molecule has 0 radical (unpaired) electrons. The van der Waals surface area contributed by atoms with Crippen LogP contribution in [-0.4, -0.2) is 29.8 Å². The van der Waals surface area contributed by atoms with Crippen molar-refractivity contribution in [2.75, 3.05) is 13.2 Å². The average Bonchev–Trinajstić information content (AvgIpc) is 2.45. The first kappa shape index (κ1) is 23.8. The van der Waals surface area contributed by atoms with Crippen molar-refractivity contribution in [1.82, 2.24) is 6.15 Å². The van der Waals surface area contributed by atoms with Crippen LogP contribution in [0.3, 0.4) is 0 Å². The Labute approximate surface area is 139 Å². The highest BCUT2D eigenvalue weighted by Gasteiger charge is 2.47. The van der Waals surface area contributed by atoms with E-state index >= 15 is 0 Å². The van der Waals surface area contributed by atoms with Gasteiger partial charge in [0.05, 0.1) is 12.0 Å². The maximum Gasteiger partial charge on any atom is 0.312 e. The van der Waals surface area contributed by atoms with E-state index in [-0.39, 0.29) is 36.2 Å². The van der Waals surface area contributed by atoms with Crippen molar-refractivity contribution in [3.8, 4) is 0 Å². The monoisotopic (exact) mass is 327 g/mol. The molecule has 0 aliphatic rings. The molecule has 6 N–H and O–H groups in total. The van der Waals surface area contributed by atoms with Gasteiger partial charge in [0.15, 0.2) is 0 Å². The van der Waals surface area contributed by atoms with Crippen LogP contribution in [0, 0.1) is 16.7 Å². The first-order chi connectivity index (χ1) is 9.73. The molecule has 5 heteroatoms. The molecule has 0 saturated heterocycles. The number of aliphatic hydroxyl groups is 1. The second-order valence-electron chi connectivity index (χ2n) is 6.80. The molecule has 0 spiro atoms. The Balaban J connectivity index is 0. The first-order valence-corrected chi connectivity index (χ1v) is 7.55. The van der Waals surface area contributed by atoms with Crippen molar-refractivity contribution in [1.29, 1.82) is 0 Å². The third-order valence-corrected chi connectivity index (χ3v) is 5.06. The van der Waals surface area contributed by atoms with Crippen LogP contribution >= 0.6 is 0 Å². The molecule has 0 aliphatic carbocycles. The molecule has 0 heterocycles. The van der Waals surface area contributed by atoms with Gasteiger partial charge in [0, 0.05) is 0 Å². The lowest BCUT2D eigenvalue weighted by Crippen LogP contribution is -2.45. The molecule has 134 valence electrons. The standard InChI is InChI=1S/C18H28O3.H3N.H2O/c1-14(13-15-9-7-6-8-10-15)17(2,3)18(4,5)16(20)21-12-11-19;;/h6-10,14,19H,11-13H2,1-5H3;1H3;1H2. The van der Waals surface area contributed by atoms with Gasteiger partial charge in [-0.15, -0.1) is 0 Å². The van der Waals surface area contributed by atoms with E-state index in [0.717, 1.165) is 6.42 Å². The van der Waals surface area contributed by atoms with E-state index in [2.05, 4.69) is 32.9 Å². The number of hydrogen-bond donors (Lipinski definition) is 2. The van der Waals surface area contributed by atoms with Crippen LogP contribution in [0.25, 0.3) is 0 Å². The molecule has 0 fully saturated rings. The summed E-state index contributed by atoms with van der Waals surface area (Å²) in [6.45, 7) is 10.2. The lowest BCUT2D eigenvalue weighted by Gasteiger charge is -2.44. The molecule has 0 aliphatic heterocycles. The van der Waals surface area contributed by atoms with Crippen LogP contribution in [-0.2, 0) is 16.0 Å². The van der Waals surface area contributed by atoms with E-state index < -0.39 is 5.41 Å². The number of esters is 1. The Kier molecular flexibility index (Phi) is 10.0. The summed E-state index contributed by atoms with van der Waals surface area (Å²) in [5, 5.41) is 8.81. The van der Waals surface area contributed by atoms with Crippen LogP contribution in [0.2, 0.25) is 0 Å². The minimum atomic E-state index is -0.615. The fourth-order valence-electron chi connectivity index (χ4n) is 2.42. The van der Waals surface area contributed by atoms with Crippen molar-refractivity contribution in [3.63, 3.8) is 0 Å². The van der Waals surface area contributed by atoms with Crippen molar-refractivity contribution >= 4 is 5.97 Å². The molecule has 1 unspecified atom stereocenters. The molecule has 0 amide bonds. The topological polar surface area (TPSA) is 113 Å². The predicted molar refractivity (Wildman–Crippen MR) is 93.6 cm³/mol. The van der Waals surface area contributed by atoms with Gasteiger partial charge >= 0.3 is 5.97 Å². The van der Waals surface area contributed by atoms with Crippen LogP contribution < -0.4 is 6.15 Å². The fraction of sp³-hybridized carbons (Fsp3) is 0.611. The Morgan fingerprint density at radius 3 is 2.17 bits per heavy atom. The SMILES string of the molecule is CC(Cc1ccccc1)C(C)(C)C(C)(C)C(=O)OCCO.N.O. The van der Waals surface area contributed by atoms with E-state index in [9.17, 15) is 4.79 Å². The van der Waals surface area contributed by atoms with Crippen molar-refractivity contribution in [2.45, 2.75) is 41.0 Å². The molecule has 23 heavy (non-hydrogen) atoms. The zero-order valence-electron chi connectivity index (χ0n) is 15.1. The lowest BCUT2D eigenvalue weighted by atomic mass is 9.60. The van der Waals surface area contributed by atoms with Crippen LogP contribution in [0.5, 0.6) is 0 Å². The summed E-state index contributed by atoms with van der Waals surface area (Å²) in [4.78, 5) is 12.3. The van der Waals surface area contributed by atoms with E-state index in [0.29, 0.717) is 5.92 Å². The molecule has 0 saturated carbocycles. The normalized spacial score (nSPS) is 12.6. The summed E-state index contributed by atoms with van der Waals surface area (Å²) >= 11 is 0. The largest absolute Gasteiger partial charge is 0.463 e. The summed E-state index contributed by atoms with van der Waals surface area (Å²) in [6.07, 6.45) is 0.921. The molecule has 1 aromatic carbocycles. The van der Waals surface area contributed by atoms with Gasteiger partial charge in [-0.05, 0) is 37.2 Å². The van der Waals surface area contributed by atoms with Gasteiger partial charge in [-0.1, -0.05) is 51.1 Å². The quantitative estimate of drug-likeness (QED) is 0.749. The van der Waals surface area contributed by atoms with Gasteiger partial charge in [0.2, 0.25) is 0 Å². The number of aliphatic hydroxyl groups excluding tert-OH is 1. The van der Waals surface area contributed by atoms with Gasteiger partial charge in [-0.25, -0.2) is 0 Å². The second kappa shape index (κ2) is 9.65. The molecular weight excluding hydrogens is 294 g/mol. The highest BCUT2D eigenvalue weighted by Crippen LogP contribution is 2.46. The minimum absolute atomic E-state index is 0. The van der Waals surface area contributed by atoms with Gasteiger partial charge in [0.1, 0.15) is 6.61 Å². The van der Waals surface area contributed by atoms with Crippen LogP contribution in [0.15, 0.2) is 30.3 Å². The fourth-order valence-corrected chi connectivity index (χ4v) is 2.42. The third kappa shape index (κ3) is 5.61. The van der Waals surface area contributed by atoms with Gasteiger partial charge in [-0.2, -0.15) is 0 Å². The molecule has 5 nitrogen and oxygen atoms in total. The van der Waals surface area contributed by atoms with Crippen molar-refractivity contribution < 1.29 is 20.1 Å². The smallest absolute Gasteiger partial charge is 0.312 e. The zero-order valence-corrected chi connectivity index (χ0v) is 15.1. The van der Waals surface area contributed by atoms with E-state index in [1.165, 1.54) is 5.56 Å². The Morgan fingerprint density at radius 1 is 1.17 bits per heavy atom. The molecule has 1 atom stereocenters. The number of ether oxygens (including phenoxy) is 1. The molecular formula is C18H33NO4. The Hall–Kier alpha value is -1.43.